The van der Waals surface area contributed by atoms with Crippen LogP contribution in [0.3, 0.4) is 0 Å². The zero-order valence-electron chi connectivity index (χ0n) is 18.9. The van der Waals surface area contributed by atoms with Crippen LogP contribution < -0.4 is 9.80 Å². The zero-order chi connectivity index (χ0) is 25.6. The van der Waals surface area contributed by atoms with Gasteiger partial charge in [-0.15, -0.1) is 0 Å². The molecule has 11 heteroatoms. The summed E-state index contributed by atoms with van der Waals surface area (Å²) in [4.78, 5) is 45.1. The number of carbonyl (C=O) groups excluding carboxylic acids is 2. The van der Waals surface area contributed by atoms with Crippen molar-refractivity contribution >= 4 is 39.1 Å². The van der Waals surface area contributed by atoms with E-state index in [0.717, 1.165) is 5.56 Å². The van der Waals surface area contributed by atoms with Crippen molar-refractivity contribution in [2.24, 2.45) is 5.92 Å². The van der Waals surface area contributed by atoms with Gasteiger partial charge < -0.3 is 9.84 Å². The number of imide groups is 1. The summed E-state index contributed by atoms with van der Waals surface area (Å²) in [5.74, 6) is -1.81. The van der Waals surface area contributed by atoms with Crippen LogP contribution in [0.25, 0.3) is 0 Å². The molecule has 2 fully saturated rings. The third-order valence-electron chi connectivity index (χ3n) is 6.30. The first-order chi connectivity index (χ1) is 17.3. The van der Waals surface area contributed by atoms with E-state index in [9.17, 15) is 24.8 Å². The fourth-order valence-corrected chi connectivity index (χ4v) is 5.08. The van der Waals surface area contributed by atoms with E-state index in [4.69, 9.17) is 9.57 Å². The van der Waals surface area contributed by atoms with E-state index in [2.05, 4.69) is 15.9 Å². The minimum Gasteiger partial charge on any atom is -0.503 e. The lowest BCUT2D eigenvalue weighted by Crippen LogP contribution is -2.37. The third-order valence-corrected chi connectivity index (χ3v) is 6.90. The lowest BCUT2D eigenvalue weighted by Gasteiger charge is -2.29. The predicted octanol–water partition coefficient (Wildman–Crippen LogP) is 4.12. The molecule has 184 valence electrons. The number of benzene rings is 3. The fraction of sp³-hybridized carbons (Fsp3) is 0.200. The van der Waals surface area contributed by atoms with Crippen LogP contribution in [0.4, 0.5) is 11.4 Å². The van der Waals surface area contributed by atoms with Gasteiger partial charge in [0.25, 0.3) is 11.6 Å². The van der Waals surface area contributed by atoms with E-state index < -0.39 is 34.8 Å². The van der Waals surface area contributed by atoms with Crippen LogP contribution >= 0.6 is 15.9 Å². The highest BCUT2D eigenvalue weighted by molar-refractivity contribution is 9.10. The second-order valence-electron chi connectivity index (χ2n) is 8.40. The van der Waals surface area contributed by atoms with E-state index in [1.807, 2.05) is 30.3 Å². The number of halogens is 1. The van der Waals surface area contributed by atoms with Gasteiger partial charge in [0.1, 0.15) is 5.92 Å². The maximum atomic E-state index is 13.6. The molecule has 5 rings (SSSR count). The number of rotatable bonds is 6. The van der Waals surface area contributed by atoms with Crippen LogP contribution in [-0.4, -0.2) is 40.0 Å². The number of hydroxylamine groups is 1. The number of phenols is 1. The molecular formula is C25H20BrN3O7. The van der Waals surface area contributed by atoms with Gasteiger partial charge >= 0.3 is 0 Å². The molecule has 0 saturated carbocycles. The number of nitro groups is 1. The summed E-state index contributed by atoms with van der Waals surface area (Å²) in [5, 5.41) is 23.1. The van der Waals surface area contributed by atoms with E-state index in [-0.39, 0.29) is 23.7 Å². The summed E-state index contributed by atoms with van der Waals surface area (Å²) in [6.07, 6.45) is -1.12. The summed E-state index contributed by atoms with van der Waals surface area (Å²) in [6.45, 7) is 0.0982. The Bertz CT molecular complexity index is 1370. The normalized spacial score (nSPS) is 21.1. The number of nitro benzene ring substituents is 1. The van der Waals surface area contributed by atoms with Crippen LogP contribution in [0.15, 0.2) is 71.2 Å². The molecule has 2 heterocycles. The third kappa shape index (κ3) is 3.95. The molecule has 2 saturated heterocycles. The molecule has 36 heavy (non-hydrogen) atoms. The molecule has 0 aliphatic carbocycles. The van der Waals surface area contributed by atoms with E-state index in [0.29, 0.717) is 15.7 Å². The van der Waals surface area contributed by atoms with Crippen molar-refractivity contribution in [3.05, 3.63) is 92.4 Å². The number of hydrogen-bond acceptors (Lipinski definition) is 8. The number of aromatic hydroxyl groups is 1. The van der Waals surface area contributed by atoms with Crippen LogP contribution in [0.2, 0.25) is 0 Å². The molecule has 3 aromatic carbocycles. The Labute approximate surface area is 213 Å². The minimum absolute atomic E-state index is 0.0982. The Morgan fingerprint density at radius 3 is 2.53 bits per heavy atom. The second-order valence-corrected chi connectivity index (χ2v) is 9.26. The van der Waals surface area contributed by atoms with Gasteiger partial charge in [-0.05, 0) is 45.3 Å². The second kappa shape index (κ2) is 9.25. The number of likely N-dealkylation sites (tertiary alicyclic amines) is 1. The molecular weight excluding hydrogens is 534 g/mol. The summed E-state index contributed by atoms with van der Waals surface area (Å²) < 4.78 is 5.60. The van der Waals surface area contributed by atoms with E-state index >= 15 is 0 Å². The molecule has 2 aliphatic heterocycles. The average Bonchev–Trinajstić information content (AvgIpc) is 3.38. The molecule has 1 N–H and O–H groups in total. The van der Waals surface area contributed by atoms with Crippen LogP contribution in [0.1, 0.15) is 17.2 Å². The number of non-ortho nitro benzene ring substituents is 1. The topological polar surface area (TPSA) is 122 Å². The minimum atomic E-state index is -1.12. The maximum absolute atomic E-state index is 13.6. The standard InChI is InChI=1S/C25H20BrN3O7/c1-35-19-11-15(10-18(26)22(19)30)21-20-23(36-28(21)16-8-5-9-17(12-16)29(33)34)25(32)27(24(20)31)13-14-6-3-2-4-7-14/h2-12,20-21,23,30H,13H2,1H3. The number of hydrogen-bond donors (Lipinski definition) is 1. The summed E-state index contributed by atoms with van der Waals surface area (Å²) in [5.41, 5.74) is 1.44. The van der Waals surface area contributed by atoms with Crippen molar-refractivity contribution in [1.82, 2.24) is 4.90 Å². The van der Waals surface area contributed by atoms with Gasteiger partial charge in [0.2, 0.25) is 5.91 Å². The Hall–Kier alpha value is -3.96. The SMILES string of the molecule is COc1cc(C2C3C(=O)N(Cc4ccccc4)C(=O)C3ON2c2cccc([N+](=O)[O-])c2)cc(Br)c1O. The first kappa shape index (κ1) is 23.8. The molecule has 10 nitrogen and oxygen atoms in total. The van der Waals surface area contributed by atoms with Gasteiger partial charge in [0, 0.05) is 12.1 Å². The number of nitrogens with zero attached hydrogens (tertiary/aromatic N) is 3. The van der Waals surface area contributed by atoms with Crippen LogP contribution in [0, 0.1) is 16.0 Å². The predicted molar refractivity (Wildman–Crippen MR) is 131 cm³/mol. The lowest BCUT2D eigenvalue weighted by atomic mass is 9.90. The molecule has 0 radical (unpaired) electrons. The number of fused-ring (bicyclic) bond motifs is 1. The van der Waals surface area contributed by atoms with Gasteiger partial charge in [-0.1, -0.05) is 36.4 Å². The zero-order valence-corrected chi connectivity index (χ0v) is 20.5. The van der Waals surface area contributed by atoms with Crippen molar-refractivity contribution in [2.45, 2.75) is 18.7 Å². The summed E-state index contributed by atoms with van der Waals surface area (Å²) >= 11 is 3.31. The van der Waals surface area contributed by atoms with Crippen LogP contribution in [0.5, 0.6) is 11.5 Å². The quantitative estimate of drug-likeness (QED) is 0.275. The van der Waals surface area contributed by atoms with Crippen molar-refractivity contribution in [3.8, 4) is 11.5 Å². The van der Waals surface area contributed by atoms with Gasteiger partial charge in [-0.3, -0.25) is 29.4 Å². The number of carbonyl (C=O) groups is 2. The highest BCUT2D eigenvalue weighted by atomic mass is 79.9. The number of ether oxygens (including phenoxy) is 1. The molecule has 3 atom stereocenters. The molecule has 0 spiro atoms. The van der Waals surface area contributed by atoms with Crippen molar-refractivity contribution in [3.63, 3.8) is 0 Å². The van der Waals surface area contributed by atoms with Crippen LogP contribution in [-0.2, 0) is 21.0 Å². The lowest BCUT2D eigenvalue weighted by molar-refractivity contribution is -0.384. The van der Waals surface area contributed by atoms with Gasteiger partial charge in [0.15, 0.2) is 17.6 Å². The van der Waals surface area contributed by atoms with E-state index in [1.54, 1.807) is 18.2 Å². The largest absolute Gasteiger partial charge is 0.503 e. The van der Waals surface area contributed by atoms with Crippen molar-refractivity contribution in [2.75, 3.05) is 12.2 Å². The summed E-state index contributed by atoms with van der Waals surface area (Å²) in [6, 6.07) is 17.2. The molecule has 3 aromatic rings. The van der Waals surface area contributed by atoms with Gasteiger partial charge in [-0.2, -0.15) is 0 Å². The van der Waals surface area contributed by atoms with Crippen molar-refractivity contribution in [1.29, 1.82) is 0 Å². The Morgan fingerprint density at radius 2 is 1.83 bits per heavy atom. The highest BCUT2D eigenvalue weighted by Crippen LogP contribution is 2.49. The number of methoxy groups -OCH3 is 1. The monoisotopic (exact) mass is 553 g/mol. The number of anilines is 1. The first-order valence-electron chi connectivity index (χ1n) is 11.0. The maximum Gasteiger partial charge on any atom is 0.271 e. The Kier molecular flexibility index (Phi) is 6.10. The van der Waals surface area contributed by atoms with Gasteiger partial charge in [-0.25, -0.2) is 5.06 Å². The smallest absolute Gasteiger partial charge is 0.271 e. The van der Waals surface area contributed by atoms with Gasteiger partial charge in [0.05, 0.1) is 34.8 Å². The molecule has 0 bridgehead atoms. The molecule has 2 amide bonds. The number of phenolic OH excluding ortho intramolecular Hbond substituents is 1. The highest BCUT2D eigenvalue weighted by Gasteiger charge is 2.60. The molecule has 0 aromatic heterocycles. The molecule has 2 aliphatic rings. The Morgan fingerprint density at radius 1 is 1.08 bits per heavy atom. The number of amides is 2. The Balaban J connectivity index is 1.59. The molecule has 3 unspecified atom stereocenters. The van der Waals surface area contributed by atoms with E-state index in [1.165, 1.54) is 35.3 Å². The van der Waals surface area contributed by atoms with Crippen molar-refractivity contribution < 1.29 is 29.2 Å². The fourth-order valence-electron chi connectivity index (χ4n) is 4.62. The first-order valence-corrected chi connectivity index (χ1v) is 11.8. The average molecular weight is 554 g/mol. The summed E-state index contributed by atoms with van der Waals surface area (Å²) in [7, 11) is 1.39.